The normalized spacial score (nSPS) is 23.6. The fourth-order valence-electron chi connectivity index (χ4n) is 3.62. The molecule has 2 atom stereocenters. The maximum Gasteiger partial charge on any atom is 0.136 e. The van der Waals surface area contributed by atoms with E-state index in [-0.39, 0.29) is 11.3 Å². The van der Waals surface area contributed by atoms with Crippen LogP contribution in [0.4, 0.5) is 0 Å². The van der Waals surface area contributed by atoms with Gasteiger partial charge in [-0.25, -0.2) is 0 Å². The van der Waals surface area contributed by atoms with Crippen LogP contribution in [-0.2, 0) is 17.8 Å². The summed E-state index contributed by atoms with van der Waals surface area (Å²) < 4.78 is 3.17. The maximum atomic E-state index is 12.5. The zero-order valence-electron chi connectivity index (χ0n) is 13.9. The molecule has 0 saturated heterocycles. The standard InChI is InChI=1S/C17H27BrN2O/c1-6-20-14(16(18)12(3)19-20)10-17(4,5)13-8-7-11(2)9-15(13)21/h11,13H,6-10H2,1-5H3. The molecule has 1 fully saturated rings. The number of hydrogen-bond donors (Lipinski definition) is 0. The fraction of sp³-hybridized carbons (Fsp3) is 0.765. The largest absolute Gasteiger partial charge is 0.299 e. The van der Waals surface area contributed by atoms with Gasteiger partial charge in [-0.2, -0.15) is 5.10 Å². The van der Waals surface area contributed by atoms with E-state index in [1.807, 2.05) is 6.92 Å². The van der Waals surface area contributed by atoms with Crippen LogP contribution in [0.15, 0.2) is 4.47 Å². The Bertz CT molecular complexity index is 533. The lowest BCUT2D eigenvalue weighted by Gasteiger charge is -2.37. The Hall–Kier alpha value is -0.640. The summed E-state index contributed by atoms with van der Waals surface area (Å²) in [5.74, 6) is 1.19. The third kappa shape index (κ3) is 3.41. The first-order valence-corrected chi connectivity index (χ1v) is 8.80. The van der Waals surface area contributed by atoms with Gasteiger partial charge in [0.1, 0.15) is 5.78 Å². The molecule has 1 aliphatic rings. The van der Waals surface area contributed by atoms with Gasteiger partial charge in [0.2, 0.25) is 0 Å². The summed E-state index contributed by atoms with van der Waals surface area (Å²) in [5.41, 5.74) is 2.25. The summed E-state index contributed by atoms with van der Waals surface area (Å²) >= 11 is 3.67. The van der Waals surface area contributed by atoms with Gasteiger partial charge in [-0.1, -0.05) is 20.8 Å². The monoisotopic (exact) mass is 354 g/mol. The number of Topliss-reactive ketones (excluding diaryl/α,β-unsaturated/α-hetero) is 1. The van der Waals surface area contributed by atoms with E-state index in [2.05, 4.69) is 53.4 Å². The zero-order chi connectivity index (χ0) is 15.8. The Labute approximate surface area is 136 Å². The molecule has 1 aliphatic carbocycles. The predicted molar refractivity (Wildman–Crippen MR) is 89.3 cm³/mol. The van der Waals surface area contributed by atoms with Gasteiger partial charge >= 0.3 is 0 Å². The van der Waals surface area contributed by atoms with E-state index in [0.29, 0.717) is 11.7 Å². The van der Waals surface area contributed by atoms with Crippen LogP contribution in [0.2, 0.25) is 0 Å². The van der Waals surface area contributed by atoms with E-state index in [4.69, 9.17) is 0 Å². The molecule has 1 heterocycles. The molecule has 2 rings (SSSR count). The minimum Gasteiger partial charge on any atom is -0.299 e. The van der Waals surface area contributed by atoms with Gasteiger partial charge < -0.3 is 0 Å². The molecule has 118 valence electrons. The average molecular weight is 355 g/mol. The second-order valence-corrected chi connectivity index (χ2v) is 8.03. The first-order chi connectivity index (χ1) is 9.76. The number of carbonyl (C=O) groups is 1. The van der Waals surface area contributed by atoms with Gasteiger partial charge in [-0.15, -0.1) is 0 Å². The van der Waals surface area contributed by atoms with E-state index in [0.717, 1.165) is 36.0 Å². The van der Waals surface area contributed by atoms with Crippen molar-refractivity contribution < 1.29 is 4.79 Å². The summed E-state index contributed by atoms with van der Waals surface area (Å²) in [6, 6.07) is 0. The van der Waals surface area contributed by atoms with Crippen LogP contribution < -0.4 is 0 Å². The van der Waals surface area contributed by atoms with Crippen LogP contribution in [0, 0.1) is 24.2 Å². The van der Waals surface area contributed by atoms with Crippen LogP contribution >= 0.6 is 15.9 Å². The predicted octanol–water partition coefficient (Wildman–Crippen LogP) is 4.55. The van der Waals surface area contributed by atoms with Crippen molar-refractivity contribution >= 4 is 21.7 Å². The first kappa shape index (κ1) is 16.7. The lowest BCUT2D eigenvalue weighted by atomic mass is 9.66. The Balaban J connectivity index is 2.23. The van der Waals surface area contributed by atoms with Gasteiger partial charge in [0.25, 0.3) is 0 Å². The Morgan fingerprint density at radius 1 is 1.38 bits per heavy atom. The maximum absolute atomic E-state index is 12.5. The number of halogens is 1. The topological polar surface area (TPSA) is 34.9 Å². The van der Waals surface area contributed by atoms with Crippen LogP contribution in [0.1, 0.15) is 58.3 Å². The molecule has 3 nitrogen and oxygen atoms in total. The van der Waals surface area contributed by atoms with Crippen molar-refractivity contribution in [1.82, 2.24) is 9.78 Å². The van der Waals surface area contributed by atoms with Gasteiger partial charge in [0.05, 0.1) is 15.9 Å². The van der Waals surface area contributed by atoms with Crippen LogP contribution in [-0.4, -0.2) is 15.6 Å². The number of aryl methyl sites for hydroxylation is 2. The minimum atomic E-state index is -0.0147. The van der Waals surface area contributed by atoms with Crippen molar-refractivity contribution in [2.24, 2.45) is 17.3 Å². The summed E-state index contributed by atoms with van der Waals surface area (Å²) in [5, 5.41) is 4.57. The number of carbonyl (C=O) groups excluding carboxylic acids is 1. The Morgan fingerprint density at radius 2 is 2.05 bits per heavy atom. The molecule has 0 spiro atoms. The summed E-state index contributed by atoms with van der Waals surface area (Å²) in [4.78, 5) is 12.5. The molecule has 0 aromatic carbocycles. The quantitative estimate of drug-likeness (QED) is 0.794. The fourth-order valence-corrected chi connectivity index (χ4v) is 4.04. The SMILES string of the molecule is CCn1nc(C)c(Br)c1CC(C)(C)C1CCC(C)CC1=O. The summed E-state index contributed by atoms with van der Waals surface area (Å²) in [6.45, 7) is 11.7. The van der Waals surface area contributed by atoms with Crippen molar-refractivity contribution in [2.75, 3.05) is 0 Å². The first-order valence-electron chi connectivity index (χ1n) is 8.00. The molecule has 21 heavy (non-hydrogen) atoms. The Morgan fingerprint density at radius 3 is 2.62 bits per heavy atom. The molecule has 0 N–H and O–H groups in total. The molecular formula is C17H27BrN2O. The number of aromatic nitrogens is 2. The molecule has 0 amide bonds. The average Bonchev–Trinajstić information content (AvgIpc) is 2.65. The number of nitrogens with zero attached hydrogens (tertiary/aromatic N) is 2. The highest BCUT2D eigenvalue weighted by Crippen LogP contribution is 2.41. The number of hydrogen-bond acceptors (Lipinski definition) is 2. The van der Waals surface area contributed by atoms with Crippen molar-refractivity contribution in [3.63, 3.8) is 0 Å². The van der Waals surface area contributed by atoms with E-state index in [1.54, 1.807) is 0 Å². The van der Waals surface area contributed by atoms with Crippen molar-refractivity contribution in [3.05, 3.63) is 15.9 Å². The van der Waals surface area contributed by atoms with Crippen molar-refractivity contribution in [1.29, 1.82) is 0 Å². The van der Waals surface area contributed by atoms with Gasteiger partial charge in [-0.05, 0) is 60.4 Å². The minimum absolute atomic E-state index is 0.0147. The van der Waals surface area contributed by atoms with Crippen LogP contribution in [0.25, 0.3) is 0 Å². The second kappa shape index (κ2) is 6.23. The van der Waals surface area contributed by atoms with Gasteiger partial charge in [0.15, 0.2) is 0 Å². The molecule has 0 radical (unpaired) electrons. The van der Waals surface area contributed by atoms with E-state index >= 15 is 0 Å². The summed E-state index contributed by atoms with van der Waals surface area (Å²) in [6.07, 6.45) is 3.85. The molecule has 2 unspecified atom stereocenters. The second-order valence-electron chi connectivity index (χ2n) is 7.23. The molecule has 1 aromatic heterocycles. The smallest absolute Gasteiger partial charge is 0.136 e. The highest BCUT2D eigenvalue weighted by Gasteiger charge is 2.39. The van der Waals surface area contributed by atoms with Crippen molar-refractivity contribution in [2.45, 2.75) is 66.8 Å². The molecule has 1 saturated carbocycles. The third-order valence-electron chi connectivity index (χ3n) is 4.91. The Kier molecular flexibility index (Phi) is 4.96. The number of ketones is 1. The third-order valence-corrected chi connectivity index (χ3v) is 5.94. The van der Waals surface area contributed by atoms with Crippen LogP contribution in [0.5, 0.6) is 0 Å². The number of rotatable bonds is 4. The highest BCUT2D eigenvalue weighted by molar-refractivity contribution is 9.10. The molecule has 4 heteroatoms. The summed E-state index contributed by atoms with van der Waals surface area (Å²) in [7, 11) is 0. The molecule has 1 aromatic rings. The highest BCUT2D eigenvalue weighted by atomic mass is 79.9. The van der Waals surface area contributed by atoms with Gasteiger partial charge in [0, 0.05) is 18.9 Å². The van der Waals surface area contributed by atoms with E-state index < -0.39 is 0 Å². The lowest BCUT2D eigenvalue weighted by Crippen LogP contribution is -2.37. The molecule has 0 bridgehead atoms. The van der Waals surface area contributed by atoms with Gasteiger partial charge in [-0.3, -0.25) is 9.48 Å². The van der Waals surface area contributed by atoms with Crippen molar-refractivity contribution in [3.8, 4) is 0 Å². The lowest BCUT2D eigenvalue weighted by molar-refractivity contribution is -0.129. The van der Waals surface area contributed by atoms with E-state index in [1.165, 1.54) is 12.1 Å². The zero-order valence-corrected chi connectivity index (χ0v) is 15.5. The molecular weight excluding hydrogens is 328 g/mol. The van der Waals surface area contributed by atoms with E-state index in [9.17, 15) is 4.79 Å². The molecule has 0 aliphatic heterocycles. The van der Waals surface area contributed by atoms with Crippen LogP contribution in [0.3, 0.4) is 0 Å².